The van der Waals surface area contributed by atoms with Gasteiger partial charge in [-0.15, -0.1) is 0 Å². The molecule has 140 valence electrons. The Morgan fingerprint density at radius 2 is 1.46 bits per heavy atom. The monoisotopic (exact) mass is 398 g/mol. The first-order valence-electron chi connectivity index (χ1n) is 7.88. The number of nitrogens with zero attached hydrogens (tertiary/aromatic N) is 2. The largest absolute Gasteiger partial charge is 0.462 e. The van der Waals surface area contributed by atoms with Crippen LogP contribution in [-0.2, 0) is 9.47 Å². The molecule has 2 rings (SSSR count). The predicted octanol–water partition coefficient (Wildman–Crippen LogP) is 4.44. The van der Waals surface area contributed by atoms with Gasteiger partial charge in [0.25, 0.3) is 0 Å². The van der Waals surface area contributed by atoms with Gasteiger partial charge < -0.3 is 9.47 Å². The molecule has 0 amide bonds. The van der Waals surface area contributed by atoms with Gasteiger partial charge in [0.15, 0.2) is 5.69 Å². The van der Waals surface area contributed by atoms with Crippen molar-refractivity contribution in [2.24, 2.45) is 0 Å². The molecule has 2 heterocycles. The summed E-state index contributed by atoms with van der Waals surface area (Å²) < 4.78 is 9.69. The predicted molar refractivity (Wildman–Crippen MR) is 99.9 cm³/mol. The summed E-state index contributed by atoms with van der Waals surface area (Å²) in [6.07, 6.45) is 3.18. The molecule has 2 aromatic rings. The number of pyridine rings is 2. The van der Waals surface area contributed by atoms with Gasteiger partial charge >= 0.3 is 11.9 Å². The van der Waals surface area contributed by atoms with Gasteiger partial charge in [-0.05, 0) is 51.0 Å². The van der Waals surface area contributed by atoms with Gasteiger partial charge in [0.2, 0.25) is 0 Å². The molecule has 0 aliphatic rings. The van der Waals surface area contributed by atoms with E-state index in [1.54, 1.807) is 39.1 Å². The van der Waals surface area contributed by atoms with Gasteiger partial charge in [-0.1, -0.05) is 23.2 Å². The minimum atomic E-state index is -0.615. The molecule has 0 aromatic carbocycles. The number of carbonyl (C=O) groups is 2. The van der Waals surface area contributed by atoms with E-state index in [0.29, 0.717) is 10.2 Å². The van der Waals surface area contributed by atoms with Crippen molar-refractivity contribution in [3.8, 4) is 0 Å². The van der Waals surface area contributed by atoms with Crippen molar-refractivity contribution in [3.05, 3.63) is 57.1 Å². The van der Waals surface area contributed by atoms with Crippen LogP contribution in [0, 0.1) is 13.8 Å². The third-order valence-electron chi connectivity index (χ3n) is 2.92. The maximum Gasteiger partial charge on any atom is 0.357 e. The molecule has 0 N–H and O–H groups in total. The van der Waals surface area contributed by atoms with E-state index in [0.717, 1.165) is 11.1 Å². The number of halogens is 2. The third kappa shape index (κ3) is 6.61. The minimum absolute atomic E-state index is 0.00380. The van der Waals surface area contributed by atoms with Crippen LogP contribution in [0.15, 0.2) is 24.5 Å². The van der Waals surface area contributed by atoms with E-state index in [2.05, 4.69) is 9.97 Å². The van der Waals surface area contributed by atoms with Crippen LogP contribution in [0.5, 0.6) is 0 Å². The summed E-state index contributed by atoms with van der Waals surface area (Å²) in [5.41, 5.74) is 1.94. The zero-order chi connectivity index (χ0) is 19.7. The van der Waals surface area contributed by atoms with Crippen molar-refractivity contribution in [3.63, 3.8) is 0 Å². The third-order valence-corrected chi connectivity index (χ3v) is 3.61. The molecule has 0 spiro atoms. The number of esters is 2. The van der Waals surface area contributed by atoms with Crippen LogP contribution < -0.4 is 0 Å². The average molecular weight is 399 g/mol. The molecule has 0 atom stereocenters. The van der Waals surface area contributed by atoms with Gasteiger partial charge in [-0.2, -0.15) is 0 Å². The molecule has 26 heavy (non-hydrogen) atoms. The lowest BCUT2D eigenvalue weighted by Gasteiger charge is -2.07. The second-order valence-electron chi connectivity index (χ2n) is 5.14. The number of aryl methyl sites for hydroxylation is 2. The Balaban J connectivity index is 0.000000314. The highest BCUT2D eigenvalue weighted by atomic mass is 35.5. The van der Waals surface area contributed by atoms with Gasteiger partial charge in [0.1, 0.15) is 5.15 Å². The highest BCUT2D eigenvalue weighted by Gasteiger charge is 2.20. The Morgan fingerprint density at radius 3 is 2.00 bits per heavy atom. The Hall–Kier alpha value is -2.18. The lowest BCUT2D eigenvalue weighted by atomic mass is 10.1. The van der Waals surface area contributed by atoms with Crippen molar-refractivity contribution >= 4 is 35.1 Å². The van der Waals surface area contributed by atoms with Gasteiger partial charge in [-0.25, -0.2) is 19.6 Å². The molecule has 0 fully saturated rings. The normalized spacial score (nSPS) is 9.77. The van der Waals surface area contributed by atoms with E-state index in [4.69, 9.17) is 32.7 Å². The van der Waals surface area contributed by atoms with Gasteiger partial charge in [0.05, 0.1) is 23.8 Å². The fourth-order valence-electron chi connectivity index (χ4n) is 1.81. The molecular weight excluding hydrogens is 379 g/mol. The van der Waals surface area contributed by atoms with Crippen molar-refractivity contribution < 1.29 is 19.1 Å². The summed E-state index contributed by atoms with van der Waals surface area (Å²) in [4.78, 5) is 31.0. The topological polar surface area (TPSA) is 78.4 Å². The number of carbonyl (C=O) groups excluding carboxylic acids is 2. The zero-order valence-electron chi connectivity index (χ0n) is 15.0. The van der Waals surface area contributed by atoms with Crippen LogP contribution in [0.1, 0.15) is 45.8 Å². The summed E-state index contributed by atoms with van der Waals surface area (Å²) in [7, 11) is 0. The number of rotatable bonds is 4. The van der Waals surface area contributed by atoms with Crippen LogP contribution in [0.25, 0.3) is 0 Å². The second kappa shape index (κ2) is 10.7. The average Bonchev–Trinajstić information content (AvgIpc) is 2.59. The highest BCUT2D eigenvalue weighted by Crippen LogP contribution is 2.18. The van der Waals surface area contributed by atoms with Gasteiger partial charge in [0, 0.05) is 12.4 Å². The quantitative estimate of drug-likeness (QED) is 0.559. The molecular formula is C18H20Cl2N2O4. The van der Waals surface area contributed by atoms with E-state index in [1.807, 2.05) is 6.92 Å². The summed E-state index contributed by atoms with van der Waals surface area (Å²) in [5.74, 6) is -1.18. The van der Waals surface area contributed by atoms with E-state index in [9.17, 15) is 9.59 Å². The Morgan fingerprint density at radius 1 is 0.923 bits per heavy atom. The first-order chi connectivity index (χ1) is 12.3. The fourth-order valence-corrected chi connectivity index (χ4v) is 2.14. The molecule has 0 radical (unpaired) electrons. The van der Waals surface area contributed by atoms with Crippen molar-refractivity contribution in [1.82, 2.24) is 9.97 Å². The van der Waals surface area contributed by atoms with E-state index in [-0.39, 0.29) is 24.5 Å². The Labute approximate surface area is 162 Å². The fraction of sp³-hybridized carbons (Fsp3) is 0.333. The smallest absolute Gasteiger partial charge is 0.357 e. The molecule has 0 bridgehead atoms. The van der Waals surface area contributed by atoms with Crippen LogP contribution in [-0.4, -0.2) is 35.1 Å². The molecule has 0 unspecified atom stereocenters. The summed E-state index contributed by atoms with van der Waals surface area (Å²) in [6.45, 7) is 7.56. The van der Waals surface area contributed by atoms with Crippen molar-refractivity contribution in [2.45, 2.75) is 27.7 Å². The van der Waals surface area contributed by atoms with Crippen LogP contribution >= 0.6 is 23.2 Å². The summed E-state index contributed by atoms with van der Waals surface area (Å²) in [5, 5.41) is 0.874. The molecule has 8 heteroatoms. The lowest BCUT2D eigenvalue weighted by molar-refractivity contribution is 0.0473. The molecule has 0 saturated heterocycles. The molecule has 2 aromatic heterocycles. The number of aromatic nitrogens is 2. The number of hydrogen-bond donors (Lipinski definition) is 0. The standard InChI is InChI=1S/C12H15NO4.C6H5Cl2N/c1-4-16-11(14)9-6-8(3)7-13-10(9)12(15)17-5-2;1-4-2-5(7)6(8)9-3-4/h6-7H,4-5H2,1-3H3;2-3H,1H3. The first-order valence-corrected chi connectivity index (χ1v) is 8.64. The number of hydrogen-bond acceptors (Lipinski definition) is 6. The SMILES string of the molecule is CCOC(=O)c1cc(C)cnc1C(=O)OCC.Cc1cnc(Cl)c(Cl)c1. The van der Waals surface area contributed by atoms with Crippen molar-refractivity contribution in [1.29, 1.82) is 0 Å². The van der Waals surface area contributed by atoms with Crippen LogP contribution in [0.4, 0.5) is 0 Å². The molecule has 0 aliphatic heterocycles. The summed E-state index contributed by atoms with van der Waals surface area (Å²) >= 11 is 11.2. The second-order valence-corrected chi connectivity index (χ2v) is 5.90. The molecule has 0 saturated carbocycles. The number of ether oxygens (including phenoxy) is 2. The summed E-state index contributed by atoms with van der Waals surface area (Å²) in [6, 6.07) is 3.34. The lowest BCUT2D eigenvalue weighted by Crippen LogP contribution is -2.16. The van der Waals surface area contributed by atoms with E-state index < -0.39 is 11.9 Å². The maximum absolute atomic E-state index is 11.7. The van der Waals surface area contributed by atoms with Crippen LogP contribution in [0.2, 0.25) is 10.2 Å². The molecule has 0 aliphatic carbocycles. The van der Waals surface area contributed by atoms with E-state index in [1.165, 1.54) is 6.20 Å². The zero-order valence-corrected chi connectivity index (χ0v) is 16.5. The van der Waals surface area contributed by atoms with Gasteiger partial charge in [-0.3, -0.25) is 0 Å². The Bertz CT molecular complexity index is 782. The first kappa shape index (κ1) is 21.9. The minimum Gasteiger partial charge on any atom is -0.462 e. The highest BCUT2D eigenvalue weighted by molar-refractivity contribution is 6.41. The van der Waals surface area contributed by atoms with Crippen molar-refractivity contribution in [2.75, 3.05) is 13.2 Å². The van der Waals surface area contributed by atoms with Crippen LogP contribution in [0.3, 0.4) is 0 Å². The van der Waals surface area contributed by atoms with E-state index >= 15 is 0 Å². The maximum atomic E-state index is 11.7. The Kier molecular flexibility index (Phi) is 9.02. The molecule has 6 nitrogen and oxygen atoms in total.